The molecule has 4 aromatic rings. The molecule has 4 rings (SSSR count). The molecule has 2 heterocycles. The average Bonchev–Trinajstić information content (AvgIpc) is 3.05. The number of ketones is 1. The maximum atomic E-state index is 13.3. The third-order valence-electron chi connectivity index (χ3n) is 4.49. The summed E-state index contributed by atoms with van der Waals surface area (Å²) in [5.41, 5.74) is 7.94. The van der Waals surface area contributed by atoms with Crippen molar-refractivity contribution in [1.29, 1.82) is 0 Å². The Labute approximate surface area is 170 Å². The first kappa shape index (κ1) is 19.1. The number of hydrogen-bond donors (Lipinski definition) is 3. The fourth-order valence-corrected chi connectivity index (χ4v) is 3.16. The number of carbonyl (C=O) groups is 2. The Balaban J connectivity index is 1.58. The number of nitrogens with two attached hydrogens (primary N) is 1. The van der Waals surface area contributed by atoms with E-state index in [-0.39, 0.29) is 11.6 Å². The van der Waals surface area contributed by atoms with Crippen LogP contribution in [-0.2, 0) is 7.05 Å². The predicted octanol–water partition coefficient (Wildman–Crippen LogP) is 3.56. The number of nitrogen functional groups attached to an aromatic ring is 1. The van der Waals surface area contributed by atoms with Gasteiger partial charge in [-0.15, -0.1) is 0 Å². The lowest BCUT2D eigenvalue weighted by atomic mass is 10.0. The predicted molar refractivity (Wildman–Crippen MR) is 112 cm³/mol. The molecule has 150 valence electrons. The van der Waals surface area contributed by atoms with Crippen molar-refractivity contribution in [3.05, 3.63) is 78.0 Å². The number of benzene rings is 2. The van der Waals surface area contributed by atoms with Gasteiger partial charge in [-0.25, -0.2) is 19.2 Å². The second-order valence-electron chi connectivity index (χ2n) is 6.61. The molecule has 9 heteroatoms. The van der Waals surface area contributed by atoms with E-state index < -0.39 is 11.8 Å². The normalized spacial score (nSPS) is 10.7. The first-order chi connectivity index (χ1) is 14.4. The van der Waals surface area contributed by atoms with Gasteiger partial charge in [-0.1, -0.05) is 18.2 Å². The van der Waals surface area contributed by atoms with Crippen molar-refractivity contribution >= 4 is 40.0 Å². The van der Waals surface area contributed by atoms with Crippen LogP contribution in [0, 0.1) is 5.82 Å². The molecule has 0 spiro atoms. The maximum Gasteiger partial charge on any atom is 0.323 e. The number of aromatic nitrogens is 3. The molecule has 0 aliphatic rings. The zero-order chi connectivity index (χ0) is 21.3. The van der Waals surface area contributed by atoms with Gasteiger partial charge in [0.1, 0.15) is 23.6 Å². The molecule has 0 aliphatic heterocycles. The molecule has 4 N–H and O–H groups in total. The summed E-state index contributed by atoms with van der Waals surface area (Å²) in [6, 6.07) is 11.4. The highest BCUT2D eigenvalue weighted by molar-refractivity contribution is 6.18. The minimum Gasteiger partial charge on any atom is -0.383 e. The largest absolute Gasteiger partial charge is 0.383 e. The van der Waals surface area contributed by atoms with Crippen molar-refractivity contribution < 1.29 is 14.0 Å². The smallest absolute Gasteiger partial charge is 0.323 e. The van der Waals surface area contributed by atoms with Crippen LogP contribution in [0.3, 0.4) is 0 Å². The summed E-state index contributed by atoms with van der Waals surface area (Å²) in [5, 5.41) is 5.65. The van der Waals surface area contributed by atoms with Crippen LogP contribution in [0.5, 0.6) is 0 Å². The molecule has 0 aliphatic carbocycles. The summed E-state index contributed by atoms with van der Waals surface area (Å²) in [4.78, 5) is 33.4. The van der Waals surface area contributed by atoms with Gasteiger partial charge >= 0.3 is 6.03 Å². The van der Waals surface area contributed by atoms with Gasteiger partial charge in [0.15, 0.2) is 5.78 Å². The molecular formula is C21H17FN6O2. The Hall–Kier alpha value is -4.27. The Morgan fingerprint density at radius 3 is 2.47 bits per heavy atom. The number of urea groups is 1. The summed E-state index contributed by atoms with van der Waals surface area (Å²) in [6.07, 6.45) is 2.99. The van der Waals surface area contributed by atoms with Crippen LogP contribution in [0.4, 0.5) is 26.4 Å². The van der Waals surface area contributed by atoms with Crippen molar-refractivity contribution in [1.82, 2.24) is 14.5 Å². The molecule has 2 aromatic heterocycles. The number of anilines is 3. The number of fused-ring (bicyclic) bond motifs is 1. The molecule has 0 radical (unpaired) electrons. The van der Waals surface area contributed by atoms with Gasteiger partial charge in [0.2, 0.25) is 0 Å². The minimum absolute atomic E-state index is 0.215. The molecule has 30 heavy (non-hydrogen) atoms. The maximum absolute atomic E-state index is 13.3. The number of aryl methyl sites for hydroxylation is 1. The summed E-state index contributed by atoms with van der Waals surface area (Å²) in [7, 11) is 1.76. The zero-order valence-corrected chi connectivity index (χ0v) is 15.9. The SMILES string of the molecule is Cn1cc(C(=O)c2cccc(NC(=O)Nc3cccc(F)c3)c2)c2c(N)ncnc21. The van der Waals surface area contributed by atoms with Crippen LogP contribution >= 0.6 is 0 Å². The van der Waals surface area contributed by atoms with Gasteiger partial charge in [0, 0.05) is 30.2 Å². The Morgan fingerprint density at radius 1 is 1.03 bits per heavy atom. The summed E-state index contributed by atoms with van der Waals surface area (Å²) in [5.74, 6) is -0.525. The lowest BCUT2D eigenvalue weighted by Gasteiger charge is -2.09. The highest BCUT2D eigenvalue weighted by atomic mass is 19.1. The Kier molecular flexibility index (Phi) is 4.85. The fourth-order valence-electron chi connectivity index (χ4n) is 3.16. The monoisotopic (exact) mass is 404 g/mol. The first-order valence-corrected chi connectivity index (χ1v) is 8.96. The zero-order valence-electron chi connectivity index (χ0n) is 15.9. The van der Waals surface area contributed by atoms with Crippen LogP contribution < -0.4 is 16.4 Å². The molecule has 0 saturated heterocycles. The topological polar surface area (TPSA) is 115 Å². The van der Waals surface area contributed by atoms with Crippen LogP contribution in [0.25, 0.3) is 11.0 Å². The van der Waals surface area contributed by atoms with E-state index in [0.29, 0.717) is 33.5 Å². The molecule has 8 nitrogen and oxygen atoms in total. The summed E-state index contributed by atoms with van der Waals surface area (Å²) in [6.45, 7) is 0. The van der Waals surface area contributed by atoms with Crippen molar-refractivity contribution in [3.8, 4) is 0 Å². The van der Waals surface area contributed by atoms with E-state index in [1.165, 1.54) is 24.5 Å². The second-order valence-corrected chi connectivity index (χ2v) is 6.61. The summed E-state index contributed by atoms with van der Waals surface area (Å²) < 4.78 is 15.0. The Bertz CT molecular complexity index is 1280. The molecule has 0 saturated carbocycles. The third kappa shape index (κ3) is 3.68. The van der Waals surface area contributed by atoms with Crippen molar-refractivity contribution in [2.24, 2.45) is 7.05 Å². The van der Waals surface area contributed by atoms with Crippen molar-refractivity contribution in [2.45, 2.75) is 0 Å². The van der Waals surface area contributed by atoms with Crippen LogP contribution in [0.15, 0.2) is 61.1 Å². The number of nitrogens with zero attached hydrogens (tertiary/aromatic N) is 3. The average molecular weight is 404 g/mol. The molecule has 0 bridgehead atoms. The first-order valence-electron chi connectivity index (χ1n) is 8.96. The van der Waals surface area contributed by atoms with Gasteiger partial charge in [-0.05, 0) is 30.3 Å². The molecule has 0 atom stereocenters. The molecule has 2 aromatic carbocycles. The van der Waals surface area contributed by atoms with Gasteiger partial charge in [0.05, 0.1) is 10.9 Å². The van der Waals surface area contributed by atoms with Gasteiger partial charge in [-0.3, -0.25) is 4.79 Å². The van der Waals surface area contributed by atoms with Crippen molar-refractivity contribution in [3.63, 3.8) is 0 Å². The van der Waals surface area contributed by atoms with E-state index in [4.69, 9.17) is 5.73 Å². The van der Waals surface area contributed by atoms with E-state index in [0.717, 1.165) is 0 Å². The van der Waals surface area contributed by atoms with Crippen LogP contribution in [0.1, 0.15) is 15.9 Å². The van der Waals surface area contributed by atoms with Crippen molar-refractivity contribution in [2.75, 3.05) is 16.4 Å². The standard InChI is InChI=1S/C21H17FN6O2/c1-28-10-16(17-19(23)24-11-25-20(17)28)18(29)12-4-2-6-14(8-12)26-21(30)27-15-7-3-5-13(22)9-15/h2-11H,1H3,(H2,23,24,25)(H2,26,27,30). The number of hydrogen-bond acceptors (Lipinski definition) is 5. The number of rotatable bonds is 4. The fraction of sp³-hybridized carbons (Fsp3) is 0.0476. The van der Waals surface area contributed by atoms with E-state index in [2.05, 4.69) is 20.6 Å². The molecule has 2 amide bonds. The Morgan fingerprint density at radius 2 is 1.73 bits per heavy atom. The van der Waals surface area contributed by atoms with Crippen LogP contribution in [-0.4, -0.2) is 26.3 Å². The molecular weight excluding hydrogens is 387 g/mol. The molecule has 0 fully saturated rings. The second kappa shape index (κ2) is 7.63. The minimum atomic E-state index is -0.562. The van der Waals surface area contributed by atoms with E-state index >= 15 is 0 Å². The lowest BCUT2D eigenvalue weighted by Crippen LogP contribution is -2.19. The number of nitrogens with one attached hydrogen (secondary N) is 2. The van der Waals surface area contributed by atoms with Gasteiger partial charge in [0.25, 0.3) is 0 Å². The van der Waals surface area contributed by atoms with Gasteiger partial charge < -0.3 is 20.9 Å². The third-order valence-corrected chi connectivity index (χ3v) is 4.49. The highest BCUT2D eigenvalue weighted by Gasteiger charge is 2.19. The van der Waals surface area contributed by atoms with Gasteiger partial charge in [-0.2, -0.15) is 0 Å². The summed E-state index contributed by atoms with van der Waals surface area (Å²) >= 11 is 0. The van der Waals surface area contributed by atoms with Crippen LogP contribution in [0.2, 0.25) is 0 Å². The van der Waals surface area contributed by atoms with E-state index in [1.54, 1.807) is 48.1 Å². The molecule has 0 unspecified atom stereocenters. The number of halogens is 1. The van der Waals surface area contributed by atoms with E-state index in [1.807, 2.05) is 0 Å². The lowest BCUT2D eigenvalue weighted by molar-refractivity contribution is 0.104. The van der Waals surface area contributed by atoms with E-state index in [9.17, 15) is 14.0 Å². The quantitative estimate of drug-likeness (QED) is 0.450. The highest BCUT2D eigenvalue weighted by Crippen LogP contribution is 2.26. The number of carbonyl (C=O) groups excluding carboxylic acids is 2. The number of amides is 2.